The molecule has 0 aliphatic rings. The molecule has 0 amide bonds. The van der Waals surface area contributed by atoms with Crippen molar-refractivity contribution in [3.63, 3.8) is 0 Å². The predicted molar refractivity (Wildman–Crippen MR) is 65.5 cm³/mol. The van der Waals surface area contributed by atoms with Crippen LogP contribution in [0.2, 0.25) is 0 Å². The van der Waals surface area contributed by atoms with Crippen molar-refractivity contribution in [3.05, 3.63) is 35.6 Å². The lowest BCUT2D eigenvalue weighted by atomic mass is 9.87. The van der Waals surface area contributed by atoms with Gasteiger partial charge in [0, 0.05) is 5.56 Å². The molecule has 0 saturated heterocycles. The van der Waals surface area contributed by atoms with Gasteiger partial charge in [-0.1, -0.05) is 44.9 Å². The summed E-state index contributed by atoms with van der Waals surface area (Å²) in [5.74, 6) is -1.82. The first-order valence-corrected chi connectivity index (χ1v) is 6.03. The van der Waals surface area contributed by atoms with Crippen molar-refractivity contribution in [1.82, 2.24) is 0 Å². The second kappa shape index (κ2) is 6.38. The number of carboxylic acids is 1. The van der Waals surface area contributed by atoms with Crippen LogP contribution in [0.4, 0.5) is 4.39 Å². The lowest BCUT2D eigenvalue weighted by molar-refractivity contribution is -0.139. The minimum Gasteiger partial charge on any atom is -0.481 e. The largest absolute Gasteiger partial charge is 0.481 e. The molecule has 1 aromatic carbocycles. The van der Waals surface area contributed by atoms with E-state index in [1.165, 1.54) is 6.07 Å². The lowest BCUT2D eigenvalue weighted by Gasteiger charge is -2.17. The van der Waals surface area contributed by atoms with Crippen molar-refractivity contribution < 1.29 is 14.3 Å². The quantitative estimate of drug-likeness (QED) is 0.818. The van der Waals surface area contributed by atoms with Crippen molar-refractivity contribution in [1.29, 1.82) is 0 Å². The summed E-state index contributed by atoms with van der Waals surface area (Å²) in [6.07, 6.45) is 2.48. The second-order valence-electron chi connectivity index (χ2n) is 4.54. The van der Waals surface area contributed by atoms with Crippen LogP contribution in [0.1, 0.15) is 44.6 Å². The third-order valence-corrected chi connectivity index (χ3v) is 3.00. The minimum atomic E-state index is -0.946. The van der Waals surface area contributed by atoms with Crippen LogP contribution in [0, 0.1) is 11.7 Å². The average molecular weight is 238 g/mol. The van der Waals surface area contributed by atoms with Gasteiger partial charge in [0.05, 0.1) is 5.92 Å². The van der Waals surface area contributed by atoms with Gasteiger partial charge in [-0.2, -0.15) is 0 Å². The van der Waals surface area contributed by atoms with E-state index in [-0.39, 0.29) is 0 Å². The van der Waals surface area contributed by atoms with E-state index in [1.54, 1.807) is 18.2 Å². The smallest absolute Gasteiger partial charge is 0.311 e. The average Bonchev–Trinajstić information content (AvgIpc) is 2.27. The summed E-state index contributed by atoms with van der Waals surface area (Å²) in [6, 6.07) is 6.13. The molecule has 1 aromatic rings. The maximum Gasteiger partial charge on any atom is 0.311 e. The molecular formula is C14H19FO2. The van der Waals surface area contributed by atoms with E-state index in [0.717, 1.165) is 12.8 Å². The second-order valence-corrected chi connectivity index (χ2v) is 4.54. The van der Waals surface area contributed by atoms with Gasteiger partial charge in [-0.15, -0.1) is 0 Å². The van der Waals surface area contributed by atoms with Crippen molar-refractivity contribution in [2.75, 3.05) is 0 Å². The monoisotopic (exact) mass is 238 g/mol. The number of hydrogen-bond acceptors (Lipinski definition) is 1. The van der Waals surface area contributed by atoms with Gasteiger partial charge in [-0.25, -0.2) is 4.39 Å². The number of carbonyl (C=O) groups is 1. The van der Waals surface area contributed by atoms with Gasteiger partial charge in [0.1, 0.15) is 5.82 Å². The summed E-state index contributed by atoms with van der Waals surface area (Å²) >= 11 is 0. The van der Waals surface area contributed by atoms with E-state index in [4.69, 9.17) is 0 Å². The van der Waals surface area contributed by atoms with E-state index >= 15 is 0 Å². The molecule has 0 fully saturated rings. The SMILES string of the molecule is CCCC(C)CC(C(=O)O)c1ccccc1F. The number of rotatable bonds is 6. The van der Waals surface area contributed by atoms with E-state index < -0.39 is 17.7 Å². The van der Waals surface area contributed by atoms with Crippen LogP contribution in [-0.2, 0) is 4.79 Å². The molecule has 2 nitrogen and oxygen atoms in total. The molecular weight excluding hydrogens is 219 g/mol. The fourth-order valence-electron chi connectivity index (χ4n) is 2.13. The molecule has 0 bridgehead atoms. The number of halogens is 1. The van der Waals surface area contributed by atoms with Gasteiger partial charge in [0.25, 0.3) is 0 Å². The van der Waals surface area contributed by atoms with Gasteiger partial charge in [-0.3, -0.25) is 4.79 Å². The molecule has 2 unspecified atom stereocenters. The van der Waals surface area contributed by atoms with Crippen LogP contribution in [-0.4, -0.2) is 11.1 Å². The molecule has 17 heavy (non-hydrogen) atoms. The molecule has 94 valence electrons. The highest BCUT2D eigenvalue weighted by molar-refractivity contribution is 5.76. The molecule has 3 heteroatoms. The van der Waals surface area contributed by atoms with Crippen LogP contribution >= 0.6 is 0 Å². The Hall–Kier alpha value is -1.38. The van der Waals surface area contributed by atoms with Gasteiger partial charge in [0.15, 0.2) is 0 Å². The topological polar surface area (TPSA) is 37.3 Å². The molecule has 2 atom stereocenters. The zero-order valence-corrected chi connectivity index (χ0v) is 10.3. The predicted octanol–water partition coefficient (Wildman–Crippen LogP) is 3.82. The Morgan fingerprint density at radius 2 is 2.06 bits per heavy atom. The van der Waals surface area contributed by atoms with Crippen molar-refractivity contribution in [2.24, 2.45) is 5.92 Å². The van der Waals surface area contributed by atoms with Crippen LogP contribution in [0.15, 0.2) is 24.3 Å². The highest BCUT2D eigenvalue weighted by Gasteiger charge is 2.24. The van der Waals surface area contributed by atoms with E-state index in [1.807, 2.05) is 6.92 Å². The van der Waals surface area contributed by atoms with Gasteiger partial charge in [0.2, 0.25) is 0 Å². The third kappa shape index (κ3) is 3.84. The summed E-state index contributed by atoms with van der Waals surface area (Å²) in [5.41, 5.74) is 0.294. The lowest BCUT2D eigenvalue weighted by Crippen LogP contribution is -2.16. The molecule has 1 rings (SSSR count). The van der Waals surface area contributed by atoms with Crippen LogP contribution < -0.4 is 0 Å². The molecule has 0 aliphatic carbocycles. The standard InChI is InChI=1S/C14H19FO2/c1-3-6-10(2)9-12(14(16)17)11-7-4-5-8-13(11)15/h4-5,7-8,10,12H,3,6,9H2,1-2H3,(H,16,17). The number of benzene rings is 1. The molecule has 0 aliphatic heterocycles. The zero-order valence-electron chi connectivity index (χ0n) is 10.3. The fourth-order valence-corrected chi connectivity index (χ4v) is 2.13. The Balaban J connectivity index is 2.87. The van der Waals surface area contributed by atoms with Crippen molar-refractivity contribution in [3.8, 4) is 0 Å². The number of hydrogen-bond donors (Lipinski definition) is 1. The van der Waals surface area contributed by atoms with Crippen LogP contribution in [0.5, 0.6) is 0 Å². The number of carboxylic acid groups (broad SMARTS) is 1. The van der Waals surface area contributed by atoms with Crippen LogP contribution in [0.25, 0.3) is 0 Å². The Morgan fingerprint density at radius 3 is 2.59 bits per heavy atom. The molecule has 0 aromatic heterocycles. The van der Waals surface area contributed by atoms with Crippen LogP contribution in [0.3, 0.4) is 0 Å². The Kier molecular flexibility index (Phi) is 5.13. The normalized spacial score (nSPS) is 14.3. The Labute approximate surface area is 101 Å². The van der Waals surface area contributed by atoms with Crippen molar-refractivity contribution >= 4 is 5.97 Å². The first-order valence-electron chi connectivity index (χ1n) is 6.03. The summed E-state index contributed by atoms with van der Waals surface area (Å²) in [7, 11) is 0. The number of aliphatic carboxylic acids is 1. The molecule has 0 saturated carbocycles. The van der Waals surface area contributed by atoms with E-state index in [2.05, 4.69) is 6.92 Å². The Morgan fingerprint density at radius 1 is 1.41 bits per heavy atom. The van der Waals surface area contributed by atoms with Crippen molar-refractivity contribution in [2.45, 2.75) is 39.0 Å². The van der Waals surface area contributed by atoms with E-state index in [0.29, 0.717) is 17.9 Å². The molecule has 0 spiro atoms. The summed E-state index contributed by atoms with van der Waals surface area (Å²) in [4.78, 5) is 11.2. The maximum absolute atomic E-state index is 13.6. The summed E-state index contributed by atoms with van der Waals surface area (Å²) < 4.78 is 13.6. The fraction of sp³-hybridized carbons (Fsp3) is 0.500. The zero-order chi connectivity index (χ0) is 12.8. The van der Waals surface area contributed by atoms with Gasteiger partial charge >= 0.3 is 5.97 Å². The third-order valence-electron chi connectivity index (χ3n) is 3.00. The Bertz CT molecular complexity index is 376. The molecule has 0 heterocycles. The molecule has 0 radical (unpaired) electrons. The highest BCUT2D eigenvalue weighted by Crippen LogP contribution is 2.28. The molecule has 1 N–H and O–H groups in total. The first kappa shape index (κ1) is 13.7. The highest BCUT2D eigenvalue weighted by atomic mass is 19.1. The summed E-state index contributed by atoms with van der Waals surface area (Å²) in [5, 5.41) is 9.20. The maximum atomic E-state index is 13.6. The van der Waals surface area contributed by atoms with Gasteiger partial charge in [-0.05, 0) is 18.4 Å². The summed E-state index contributed by atoms with van der Waals surface area (Å²) in [6.45, 7) is 4.08. The first-order chi connectivity index (χ1) is 8.06. The van der Waals surface area contributed by atoms with E-state index in [9.17, 15) is 14.3 Å². The van der Waals surface area contributed by atoms with Gasteiger partial charge < -0.3 is 5.11 Å². The minimum absolute atomic E-state index is 0.292.